The van der Waals surface area contributed by atoms with Gasteiger partial charge in [-0.05, 0) is 12.1 Å². The third kappa shape index (κ3) is 1.69. The van der Waals surface area contributed by atoms with Gasteiger partial charge in [0.05, 0.1) is 0 Å². The lowest BCUT2D eigenvalue weighted by atomic mass is 10.3. The summed E-state index contributed by atoms with van der Waals surface area (Å²) in [7, 11) is 2.83. The van der Waals surface area contributed by atoms with Crippen molar-refractivity contribution in [3.63, 3.8) is 0 Å². The molecule has 7 heteroatoms. The van der Waals surface area contributed by atoms with Crippen LogP contribution in [0.4, 0.5) is 5.82 Å². The predicted octanol–water partition coefficient (Wildman–Crippen LogP) is -0.368. The number of nitrogens with zero attached hydrogens (tertiary/aromatic N) is 4. The molecule has 18 heavy (non-hydrogen) atoms. The summed E-state index contributed by atoms with van der Waals surface area (Å²) in [6.07, 6.45) is 3.40. The maximum absolute atomic E-state index is 11.8. The van der Waals surface area contributed by atoms with E-state index >= 15 is 0 Å². The Bertz CT molecular complexity index is 731. The van der Waals surface area contributed by atoms with Gasteiger partial charge < -0.3 is 0 Å². The van der Waals surface area contributed by atoms with Gasteiger partial charge in [-0.3, -0.25) is 24.0 Å². The third-order valence-electron chi connectivity index (χ3n) is 2.62. The van der Waals surface area contributed by atoms with Gasteiger partial charge in [-0.2, -0.15) is 5.26 Å². The van der Waals surface area contributed by atoms with Gasteiger partial charge in [0, 0.05) is 26.5 Å². The molecule has 0 saturated carbocycles. The van der Waals surface area contributed by atoms with Gasteiger partial charge in [-0.15, -0.1) is 0 Å². The average Bonchev–Trinajstić information content (AvgIpc) is 2.87. The standard InChI is InChI=1S/C11H11N5O2/c1-14-9(13-16-5-3-4-6-16)8(7-12)10(17)15(2)11(14)18/h3-6,13H,1-2H3. The Morgan fingerprint density at radius 2 is 1.78 bits per heavy atom. The van der Waals surface area contributed by atoms with Crippen molar-refractivity contribution >= 4 is 5.82 Å². The molecule has 0 aliphatic heterocycles. The van der Waals surface area contributed by atoms with Crippen molar-refractivity contribution in [3.8, 4) is 6.07 Å². The van der Waals surface area contributed by atoms with Crippen molar-refractivity contribution in [2.24, 2.45) is 14.1 Å². The minimum absolute atomic E-state index is 0.103. The number of rotatable bonds is 2. The number of hydrogen-bond donors (Lipinski definition) is 1. The summed E-state index contributed by atoms with van der Waals surface area (Å²) in [5.41, 5.74) is 1.61. The van der Waals surface area contributed by atoms with E-state index in [1.807, 2.05) is 6.07 Å². The van der Waals surface area contributed by atoms with Crippen LogP contribution in [0.3, 0.4) is 0 Å². The summed E-state index contributed by atoms with van der Waals surface area (Å²) >= 11 is 0. The Kier molecular flexibility index (Phi) is 2.77. The van der Waals surface area contributed by atoms with E-state index in [2.05, 4.69) is 5.43 Å². The van der Waals surface area contributed by atoms with Crippen LogP contribution in [0.1, 0.15) is 5.56 Å². The molecule has 0 unspecified atom stereocenters. The molecule has 0 bridgehead atoms. The monoisotopic (exact) mass is 245 g/mol. The largest absolute Gasteiger partial charge is 0.332 e. The van der Waals surface area contributed by atoms with Crippen LogP contribution in [0.25, 0.3) is 0 Å². The second-order valence-corrected chi connectivity index (χ2v) is 3.74. The lowest BCUT2D eigenvalue weighted by molar-refractivity contribution is 0.680. The van der Waals surface area contributed by atoms with E-state index in [1.165, 1.54) is 18.7 Å². The van der Waals surface area contributed by atoms with E-state index in [9.17, 15) is 9.59 Å². The number of nitrogens with one attached hydrogen (secondary N) is 1. The molecule has 2 aromatic heterocycles. The van der Waals surface area contributed by atoms with E-state index in [1.54, 1.807) is 29.2 Å². The van der Waals surface area contributed by atoms with Crippen LogP contribution in [-0.2, 0) is 14.1 Å². The Morgan fingerprint density at radius 1 is 1.17 bits per heavy atom. The summed E-state index contributed by atoms with van der Waals surface area (Å²) in [6, 6.07) is 5.37. The zero-order valence-electron chi connectivity index (χ0n) is 9.91. The van der Waals surface area contributed by atoms with Crippen LogP contribution in [0.15, 0.2) is 34.1 Å². The molecule has 0 spiro atoms. The maximum atomic E-state index is 11.8. The van der Waals surface area contributed by atoms with E-state index in [-0.39, 0.29) is 11.4 Å². The SMILES string of the molecule is Cn1c(Nn2cccc2)c(C#N)c(=O)n(C)c1=O. The summed E-state index contributed by atoms with van der Waals surface area (Å²) < 4.78 is 3.68. The third-order valence-corrected chi connectivity index (χ3v) is 2.62. The molecule has 0 aliphatic rings. The van der Waals surface area contributed by atoms with Gasteiger partial charge >= 0.3 is 5.69 Å². The Morgan fingerprint density at radius 3 is 2.33 bits per heavy atom. The highest BCUT2D eigenvalue weighted by Gasteiger charge is 2.15. The molecule has 2 rings (SSSR count). The van der Waals surface area contributed by atoms with Crippen LogP contribution >= 0.6 is 0 Å². The van der Waals surface area contributed by atoms with E-state index in [0.717, 1.165) is 4.57 Å². The molecule has 2 aromatic rings. The Labute approximate surface area is 102 Å². The number of nitriles is 1. The Hall–Kier alpha value is -2.75. The van der Waals surface area contributed by atoms with Crippen molar-refractivity contribution in [2.75, 3.05) is 5.43 Å². The summed E-state index contributed by atoms with van der Waals surface area (Å²) in [4.78, 5) is 23.6. The normalized spacial score (nSPS) is 10.1. The van der Waals surface area contributed by atoms with Gasteiger partial charge in [0.15, 0.2) is 11.4 Å². The van der Waals surface area contributed by atoms with Crippen LogP contribution in [0.5, 0.6) is 0 Å². The second-order valence-electron chi connectivity index (χ2n) is 3.74. The average molecular weight is 245 g/mol. The highest BCUT2D eigenvalue weighted by atomic mass is 16.2. The summed E-state index contributed by atoms with van der Waals surface area (Å²) in [5.74, 6) is 0.168. The second kappa shape index (κ2) is 4.25. The summed E-state index contributed by atoms with van der Waals surface area (Å²) in [6.45, 7) is 0. The molecule has 0 fully saturated rings. The minimum atomic E-state index is -0.616. The van der Waals surface area contributed by atoms with E-state index in [0.29, 0.717) is 0 Å². The maximum Gasteiger partial charge on any atom is 0.332 e. The van der Waals surface area contributed by atoms with Crippen LogP contribution in [0, 0.1) is 11.3 Å². The van der Waals surface area contributed by atoms with Crippen LogP contribution in [0.2, 0.25) is 0 Å². The topological polar surface area (TPSA) is 84.8 Å². The molecule has 2 heterocycles. The molecule has 0 amide bonds. The van der Waals surface area contributed by atoms with Crippen LogP contribution < -0.4 is 16.7 Å². The predicted molar refractivity (Wildman–Crippen MR) is 65.1 cm³/mol. The Balaban J connectivity index is 2.71. The lowest BCUT2D eigenvalue weighted by Gasteiger charge is -2.13. The molecule has 92 valence electrons. The van der Waals surface area contributed by atoms with E-state index < -0.39 is 11.2 Å². The zero-order chi connectivity index (χ0) is 13.3. The molecule has 0 atom stereocenters. The van der Waals surface area contributed by atoms with Gasteiger partial charge in [0.2, 0.25) is 0 Å². The fraction of sp³-hybridized carbons (Fsp3) is 0.182. The fourth-order valence-electron chi connectivity index (χ4n) is 1.61. The molecule has 0 aliphatic carbocycles. The highest BCUT2D eigenvalue weighted by molar-refractivity contribution is 5.50. The zero-order valence-corrected chi connectivity index (χ0v) is 9.91. The van der Waals surface area contributed by atoms with Crippen molar-refractivity contribution in [1.29, 1.82) is 5.26 Å². The molecule has 0 radical (unpaired) electrons. The summed E-state index contributed by atoms with van der Waals surface area (Å²) in [5, 5.41) is 9.04. The van der Waals surface area contributed by atoms with Gasteiger partial charge in [0.1, 0.15) is 6.07 Å². The molecule has 1 N–H and O–H groups in total. The smallest absolute Gasteiger partial charge is 0.280 e. The van der Waals surface area contributed by atoms with Crippen molar-refractivity contribution in [1.82, 2.24) is 13.8 Å². The number of anilines is 1. The fourth-order valence-corrected chi connectivity index (χ4v) is 1.61. The van der Waals surface area contributed by atoms with Crippen LogP contribution in [-0.4, -0.2) is 13.8 Å². The van der Waals surface area contributed by atoms with Crippen molar-refractivity contribution in [3.05, 3.63) is 50.9 Å². The molecular weight excluding hydrogens is 234 g/mol. The number of hydrogen-bond acceptors (Lipinski definition) is 4. The van der Waals surface area contributed by atoms with Gasteiger partial charge in [-0.25, -0.2) is 4.79 Å². The van der Waals surface area contributed by atoms with E-state index in [4.69, 9.17) is 5.26 Å². The molecule has 0 saturated heterocycles. The van der Waals surface area contributed by atoms with Crippen molar-refractivity contribution < 1.29 is 0 Å². The lowest BCUT2D eigenvalue weighted by Crippen LogP contribution is -2.40. The highest BCUT2D eigenvalue weighted by Crippen LogP contribution is 2.07. The van der Waals surface area contributed by atoms with Crippen molar-refractivity contribution in [2.45, 2.75) is 0 Å². The molecule has 7 nitrogen and oxygen atoms in total. The quantitative estimate of drug-likeness (QED) is 0.782. The first-order valence-electron chi connectivity index (χ1n) is 5.16. The minimum Gasteiger partial charge on any atom is -0.280 e. The molecule has 0 aromatic carbocycles. The first-order valence-corrected chi connectivity index (χ1v) is 5.16. The first kappa shape index (κ1) is 11.7. The molecular formula is C11H11N5O2. The van der Waals surface area contributed by atoms with Gasteiger partial charge in [0.25, 0.3) is 5.56 Å². The first-order chi connectivity index (χ1) is 8.56. The van der Waals surface area contributed by atoms with Gasteiger partial charge in [-0.1, -0.05) is 0 Å². The number of aromatic nitrogens is 3.